The van der Waals surface area contributed by atoms with E-state index in [2.05, 4.69) is 5.10 Å². The van der Waals surface area contributed by atoms with Crippen molar-refractivity contribution in [1.29, 1.82) is 0 Å². The molecule has 1 aromatic heterocycles. The Kier molecular flexibility index (Phi) is 3.90. The van der Waals surface area contributed by atoms with Crippen molar-refractivity contribution in [3.63, 3.8) is 0 Å². The highest BCUT2D eigenvalue weighted by molar-refractivity contribution is 5.95. The number of hydrogen-bond acceptors (Lipinski definition) is 3. The van der Waals surface area contributed by atoms with Crippen LogP contribution in [0.1, 0.15) is 34.8 Å². The van der Waals surface area contributed by atoms with Gasteiger partial charge in [-0.3, -0.25) is 4.68 Å². The van der Waals surface area contributed by atoms with E-state index in [1.54, 1.807) is 14.2 Å². The molecule has 0 saturated heterocycles. The Bertz CT molecular complexity index is 629. The molecule has 0 spiro atoms. The average molecular weight is 274 g/mol. The molecule has 5 heteroatoms. The molecule has 5 nitrogen and oxygen atoms in total. The number of benzene rings is 1. The Hall–Kier alpha value is -2.14. The van der Waals surface area contributed by atoms with Crippen LogP contribution in [0.4, 0.5) is 0 Å². The van der Waals surface area contributed by atoms with E-state index in [9.17, 15) is 9.90 Å². The van der Waals surface area contributed by atoms with Crippen LogP contribution in [0.5, 0.6) is 0 Å². The number of aromatic carboxylic acids is 1. The second kappa shape index (κ2) is 5.46. The summed E-state index contributed by atoms with van der Waals surface area (Å²) in [5, 5.41) is 13.5. The second-order valence-corrected chi connectivity index (χ2v) is 4.74. The first-order chi connectivity index (χ1) is 9.45. The van der Waals surface area contributed by atoms with Gasteiger partial charge in [-0.25, -0.2) is 4.79 Å². The fraction of sp³-hybridized carbons (Fsp3) is 0.333. The second-order valence-electron chi connectivity index (χ2n) is 4.74. The predicted octanol–water partition coefficient (Wildman–Crippen LogP) is 2.80. The van der Waals surface area contributed by atoms with Gasteiger partial charge >= 0.3 is 5.97 Å². The summed E-state index contributed by atoms with van der Waals surface area (Å²) in [4.78, 5) is 11.4. The van der Waals surface area contributed by atoms with Crippen LogP contribution < -0.4 is 0 Å². The Labute approximate surface area is 117 Å². The van der Waals surface area contributed by atoms with Crippen molar-refractivity contribution in [2.45, 2.75) is 20.0 Å². The SMILES string of the molecule is COC(C)c1ccc(-c2c(C)nn(C)c2C(=O)O)cc1. The number of methoxy groups -OCH3 is 1. The van der Waals surface area contributed by atoms with E-state index in [-0.39, 0.29) is 11.8 Å². The summed E-state index contributed by atoms with van der Waals surface area (Å²) in [5.74, 6) is -0.975. The molecule has 0 radical (unpaired) electrons. The molecule has 1 N–H and O–H groups in total. The summed E-state index contributed by atoms with van der Waals surface area (Å²) in [7, 11) is 3.30. The topological polar surface area (TPSA) is 64.4 Å². The average Bonchev–Trinajstić information content (AvgIpc) is 2.72. The van der Waals surface area contributed by atoms with E-state index >= 15 is 0 Å². The molecule has 0 aliphatic heterocycles. The minimum absolute atomic E-state index is 0.0120. The number of hydrogen-bond donors (Lipinski definition) is 1. The number of ether oxygens (including phenoxy) is 1. The van der Waals surface area contributed by atoms with Crippen LogP contribution in [0.25, 0.3) is 11.1 Å². The predicted molar refractivity (Wildman–Crippen MR) is 75.8 cm³/mol. The van der Waals surface area contributed by atoms with Gasteiger partial charge in [-0.05, 0) is 25.0 Å². The van der Waals surface area contributed by atoms with Crippen molar-refractivity contribution < 1.29 is 14.6 Å². The number of carboxylic acids is 1. The highest BCUT2D eigenvalue weighted by atomic mass is 16.5. The zero-order chi connectivity index (χ0) is 14.9. The molecule has 2 rings (SSSR count). The van der Waals surface area contributed by atoms with Gasteiger partial charge in [0.2, 0.25) is 0 Å². The maximum Gasteiger partial charge on any atom is 0.354 e. The fourth-order valence-corrected chi connectivity index (χ4v) is 2.31. The Morgan fingerprint density at radius 1 is 1.35 bits per heavy atom. The maximum atomic E-state index is 11.4. The van der Waals surface area contributed by atoms with Crippen molar-refractivity contribution >= 4 is 5.97 Å². The summed E-state index contributed by atoms with van der Waals surface area (Å²) in [5.41, 5.74) is 3.47. The van der Waals surface area contributed by atoms with Crippen molar-refractivity contribution in [2.24, 2.45) is 7.05 Å². The van der Waals surface area contributed by atoms with Crippen LogP contribution in [0, 0.1) is 6.92 Å². The third kappa shape index (κ3) is 2.44. The van der Waals surface area contributed by atoms with Crippen molar-refractivity contribution in [2.75, 3.05) is 7.11 Å². The molecule has 0 amide bonds. The monoisotopic (exact) mass is 274 g/mol. The molecule has 0 saturated carbocycles. The van der Waals surface area contributed by atoms with E-state index < -0.39 is 5.97 Å². The normalized spacial score (nSPS) is 12.4. The maximum absolute atomic E-state index is 11.4. The van der Waals surface area contributed by atoms with Crippen LogP contribution in [0.15, 0.2) is 24.3 Å². The van der Waals surface area contributed by atoms with Gasteiger partial charge in [0.1, 0.15) is 0 Å². The summed E-state index contributed by atoms with van der Waals surface area (Å²) in [6.07, 6.45) is 0.0120. The smallest absolute Gasteiger partial charge is 0.354 e. The Morgan fingerprint density at radius 3 is 2.45 bits per heavy atom. The Balaban J connectivity index is 2.49. The minimum atomic E-state index is -0.975. The van der Waals surface area contributed by atoms with Crippen LogP contribution >= 0.6 is 0 Å². The van der Waals surface area contributed by atoms with Gasteiger partial charge in [0.25, 0.3) is 0 Å². The van der Waals surface area contributed by atoms with E-state index in [1.807, 2.05) is 38.1 Å². The zero-order valence-corrected chi connectivity index (χ0v) is 12.0. The summed E-state index contributed by atoms with van der Waals surface area (Å²) < 4.78 is 6.66. The van der Waals surface area contributed by atoms with E-state index in [4.69, 9.17) is 4.74 Å². The molecule has 20 heavy (non-hydrogen) atoms. The molecule has 0 bridgehead atoms. The third-order valence-corrected chi connectivity index (χ3v) is 3.45. The molecule has 1 heterocycles. The number of aryl methyl sites for hydroxylation is 2. The van der Waals surface area contributed by atoms with Crippen molar-refractivity contribution in [3.05, 3.63) is 41.2 Å². The molecule has 1 aromatic carbocycles. The molecular formula is C15H18N2O3. The minimum Gasteiger partial charge on any atom is -0.477 e. The molecule has 2 aromatic rings. The lowest BCUT2D eigenvalue weighted by Crippen LogP contribution is -2.06. The van der Waals surface area contributed by atoms with Crippen LogP contribution in [0.2, 0.25) is 0 Å². The fourth-order valence-electron chi connectivity index (χ4n) is 2.31. The van der Waals surface area contributed by atoms with Gasteiger partial charge in [0, 0.05) is 19.7 Å². The molecule has 0 aliphatic rings. The van der Waals surface area contributed by atoms with Crippen LogP contribution in [-0.2, 0) is 11.8 Å². The lowest BCUT2D eigenvalue weighted by atomic mass is 10.0. The number of rotatable bonds is 4. The highest BCUT2D eigenvalue weighted by Crippen LogP contribution is 2.28. The zero-order valence-electron chi connectivity index (χ0n) is 12.0. The number of aromatic nitrogens is 2. The van der Waals surface area contributed by atoms with Gasteiger partial charge in [-0.1, -0.05) is 24.3 Å². The van der Waals surface area contributed by atoms with Gasteiger partial charge in [0.05, 0.1) is 11.8 Å². The van der Waals surface area contributed by atoms with Gasteiger partial charge in [-0.15, -0.1) is 0 Å². The lowest BCUT2D eigenvalue weighted by molar-refractivity contribution is 0.0686. The molecule has 1 atom stereocenters. The number of nitrogens with zero attached hydrogens (tertiary/aromatic N) is 2. The van der Waals surface area contributed by atoms with E-state index in [1.165, 1.54) is 4.68 Å². The Morgan fingerprint density at radius 2 is 1.95 bits per heavy atom. The van der Waals surface area contributed by atoms with E-state index in [0.717, 1.165) is 11.1 Å². The summed E-state index contributed by atoms with van der Waals surface area (Å²) >= 11 is 0. The molecule has 0 aliphatic carbocycles. The molecule has 1 unspecified atom stereocenters. The number of carboxylic acid groups (broad SMARTS) is 1. The molecule has 0 fully saturated rings. The van der Waals surface area contributed by atoms with Gasteiger partial charge in [-0.2, -0.15) is 5.10 Å². The third-order valence-electron chi connectivity index (χ3n) is 3.45. The van der Waals surface area contributed by atoms with E-state index in [0.29, 0.717) is 11.3 Å². The first kappa shape index (κ1) is 14.3. The first-order valence-corrected chi connectivity index (χ1v) is 6.35. The quantitative estimate of drug-likeness (QED) is 0.931. The van der Waals surface area contributed by atoms with Crippen LogP contribution in [0.3, 0.4) is 0 Å². The van der Waals surface area contributed by atoms with Gasteiger partial charge in [0.15, 0.2) is 5.69 Å². The summed E-state index contributed by atoms with van der Waals surface area (Å²) in [6.45, 7) is 3.78. The standard InChI is InChI=1S/C15H18N2O3/c1-9-13(14(15(18)19)17(3)16-9)12-7-5-11(6-8-12)10(2)20-4/h5-8,10H,1-4H3,(H,18,19). The van der Waals surface area contributed by atoms with Crippen molar-refractivity contribution in [1.82, 2.24) is 9.78 Å². The highest BCUT2D eigenvalue weighted by Gasteiger charge is 2.20. The molecule has 106 valence electrons. The largest absolute Gasteiger partial charge is 0.477 e. The summed E-state index contributed by atoms with van der Waals surface area (Å²) in [6, 6.07) is 7.70. The van der Waals surface area contributed by atoms with Crippen molar-refractivity contribution in [3.8, 4) is 11.1 Å². The van der Waals surface area contributed by atoms with Gasteiger partial charge < -0.3 is 9.84 Å². The lowest BCUT2D eigenvalue weighted by Gasteiger charge is -2.10. The molecular weight excluding hydrogens is 256 g/mol. The van der Waals surface area contributed by atoms with Crippen LogP contribution in [-0.4, -0.2) is 28.0 Å². The number of carbonyl (C=O) groups is 1. The first-order valence-electron chi connectivity index (χ1n) is 6.35.